The van der Waals surface area contributed by atoms with Crippen LogP contribution < -0.4 is 0 Å². The average Bonchev–Trinajstić information content (AvgIpc) is 2.78. The Bertz CT molecular complexity index is 802. The summed E-state index contributed by atoms with van der Waals surface area (Å²) in [5.74, 6) is -0.630. The fraction of sp³-hybridized carbons (Fsp3) is 0.667. The SMILES string of the molecule is CC(=O)C(O)O.O=CC(O)COP(=O)(O)O.O=CC(O)COP(=O)(O)O.O=CC(O)COP(=O)(O)O.O=P(O)(O)O. The maximum Gasteiger partial charge on any atom is 0.469 e. The fourth-order valence-corrected chi connectivity index (χ4v) is 1.68. The van der Waals surface area contributed by atoms with Crippen molar-refractivity contribution in [1.29, 1.82) is 0 Å². The van der Waals surface area contributed by atoms with Gasteiger partial charge in [0.2, 0.25) is 6.29 Å². The lowest BCUT2D eigenvalue weighted by molar-refractivity contribution is -0.142. The van der Waals surface area contributed by atoms with E-state index in [4.69, 9.17) is 74.1 Å². The number of hydrogen-bond donors (Lipinski definition) is 14. The quantitative estimate of drug-likeness (QED) is 0.0483. The molecular formula is C12H30O25P4. The van der Waals surface area contributed by atoms with Crippen LogP contribution in [0.15, 0.2) is 0 Å². The minimum absolute atomic E-state index is 0.121. The third-order valence-corrected chi connectivity index (χ3v) is 3.53. The molecule has 3 atom stereocenters. The molecule has 29 heteroatoms. The number of phosphoric acid groups is 4. The molecule has 0 saturated heterocycles. The van der Waals surface area contributed by atoms with Gasteiger partial charge in [0.15, 0.2) is 24.6 Å². The maximum atomic E-state index is 9.90. The van der Waals surface area contributed by atoms with Gasteiger partial charge in [-0.25, -0.2) is 18.3 Å². The molecule has 0 saturated carbocycles. The first-order chi connectivity index (χ1) is 18.0. The summed E-state index contributed by atoms with van der Waals surface area (Å²) < 4.78 is 49.9. The molecule has 248 valence electrons. The third-order valence-electron chi connectivity index (χ3n) is 2.08. The van der Waals surface area contributed by atoms with E-state index in [-0.39, 0.29) is 18.9 Å². The van der Waals surface area contributed by atoms with Crippen LogP contribution in [0.3, 0.4) is 0 Å². The molecule has 25 nitrogen and oxygen atoms in total. The van der Waals surface area contributed by atoms with Crippen LogP contribution in [0.2, 0.25) is 0 Å². The van der Waals surface area contributed by atoms with Gasteiger partial charge in [-0.05, 0) is 6.92 Å². The summed E-state index contributed by atoms with van der Waals surface area (Å²) in [6.07, 6.45) is -5.86. The number of hydrogen-bond acceptors (Lipinski definition) is 16. The smallest absolute Gasteiger partial charge is 0.383 e. The highest BCUT2D eigenvalue weighted by Gasteiger charge is 2.17. The predicted molar refractivity (Wildman–Crippen MR) is 123 cm³/mol. The van der Waals surface area contributed by atoms with Gasteiger partial charge in [-0.2, -0.15) is 0 Å². The fourth-order valence-electron chi connectivity index (χ4n) is 0.638. The number of carbonyl (C=O) groups excluding carboxylic acids is 4. The Morgan fingerprint density at radius 3 is 0.780 bits per heavy atom. The molecule has 0 bridgehead atoms. The van der Waals surface area contributed by atoms with Gasteiger partial charge in [-0.1, -0.05) is 0 Å². The van der Waals surface area contributed by atoms with Crippen molar-refractivity contribution in [3.8, 4) is 0 Å². The normalized spacial score (nSPS) is 13.6. The molecule has 0 aliphatic rings. The van der Waals surface area contributed by atoms with Crippen LogP contribution in [0.1, 0.15) is 6.92 Å². The van der Waals surface area contributed by atoms with Crippen LogP contribution in [0.5, 0.6) is 0 Å². The summed E-state index contributed by atoms with van der Waals surface area (Å²) in [7, 11) is -18.3. The zero-order chi connectivity index (χ0) is 34.3. The van der Waals surface area contributed by atoms with Gasteiger partial charge in [0.1, 0.15) is 18.3 Å². The van der Waals surface area contributed by atoms with E-state index < -0.39 is 81.5 Å². The Morgan fingerprint density at radius 1 is 0.561 bits per heavy atom. The van der Waals surface area contributed by atoms with Crippen LogP contribution in [-0.2, 0) is 51.0 Å². The van der Waals surface area contributed by atoms with E-state index in [0.29, 0.717) is 0 Å². The van der Waals surface area contributed by atoms with E-state index >= 15 is 0 Å². The van der Waals surface area contributed by atoms with Gasteiger partial charge in [0, 0.05) is 0 Å². The topological polar surface area (TPSA) is 447 Å². The van der Waals surface area contributed by atoms with Crippen molar-refractivity contribution >= 4 is 55.9 Å². The second-order valence-electron chi connectivity index (χ2n) is 5.97. The summed E-state index contributed by atoms with van der Waals surface area (Å²) in [6.45, 7) is -0.958. The van der Waals surface area contributed by atoms with Crippen LogP contribution in [0.25, 0.3) is 0 Å². The van der Waals surface area contributed by atoms with Gasteiger partial charge in [0.25, 0.3) is 0 Å². The molecule has 0 radical (unpaired) electrons. The molecule has 0 aliphatic carbocycles. The molecule has 41 heavy (non-hydrogen) atoms. The van der Waals surface area contributed by atoms with Crippen LogP contribution in [0.4, 0.5) is 0 Å². The lowest BCUT2D eigenvalue weighted by Gasteiger charge is -2.04. The minimum Gasteiger partial charge on any atom is -0.383 e. The minimum atomic E-state index is -4.64. The van der Waals surface area contributed by atoms with E-state index in [2.05, 4.69) is 13.6 Å². The van der Waals surface area contributed by atoms with Crippen molar-refractivity contribution in [3.63, 3.8) is 0 Å². The van der Waals surface area contributed by atoms with Crippen molar-refractivity contribution in [2.45, 2.75) is 31.5 Å². The zero-order valence-corrected chi connectivity index (χ0v) is 23.8. The van der Waals surface area contributed by atoms with Crippen LogP contribution >= 0.6 is 31.3 Å². The molecule has 0 heterocycles. The molecular weight excluding hydrogens is 668 g/mol. The Kier molecular flexibility index (Phi) is 30.7. The van der Waals surface area contributed by atoms with Crippen molar-refractivity contribution in [1.82, 2.24) is 0 Å². The lowest BCUT2D eigenvalue weighted by atomic mass is 10.4. The molecule has 0 aromatic carbocycles. The Morgan fingerprint density at radius 2 is 0.707 bits per heavy atom. The van der Waals surface area contributed by atoms with Crippen LogP contribution in [0, 0.1) is 0 Å². The van der Waals surface area contributed by atoms with Gasteiger partial charge in [-0.3, -0.25) is 18.4 Å². The first-order valence-electron chi connectivity index (χ1n) is 9.16. The average molecular weight is 698 g/mol. The highest BCUT2D eigenvalue weighted by molar-refractivity contribution is 7.46. The highest BCUT2D eigenvalue weighted by atomic mass is 31.2. The molecule has 0 spiro atoms. The van der Waals surface area contributed by atoms with E-state index in [1.54, 1.807) is 0 Å². The van der Waals surface area contributed by atoms with Crippen molar-refractivity contribution in [2.75, 3.05) is 19.8 Å². The van der Waals surface area contributed by atoms with Gasteiger partial charge < -0.3 is 84.0 Å². The van der Waals surface area contributed by atoms with E-state index in [9.17, 15) is 32.9 Å². The monoisotopic (exact) mass is 698 g/mol. The molecule has 0 aromatic rings. The number of aliphatic hydroxyl groups is 5. The Balaban J connectivity index is -0.000000135. The van der Waals surface area contributed by atoms with Crippen molar-refractivity contribution < 1.29 is 121 Å². The van der Waals surface area contributed by atoms with Gasteiger partial charge in [0.05, 0.1) is 19.8 Å². The molecule has 0 fully saturated rings. The van der Waals surface area contributed by atoms with E-state index in [0.717, 1.165) is 6.92 Å². The third kappa shape index (κ3) is 73.2. The molecule has 0 amide bonds. The van der Waals surface area contributed by atoms with Crippen molar-refractivity contribution in [3.05, 3.63) is 0 Å². The number of ketones is 1. The van der Waals surface area contributed by atoms with Crippen molar-refractivity contribution in [2.24, 2.45) is 0 Å². The number of aliphatic hydroxyl groups excluding tert-OH is 4. The second-order valence-corrected chi connectivity index (χ2v) is 10.7. The summed E-state index contributed by atoms with van der Waals surface area (Å²) >= 11 is 0. The number of carbonyl (C=O) groups is 4. The lowest BCUT2D eigenvalue weighted by Crippen LogP contribution is -2.15. The first kappa shape index (κ1) is 49.6. The molecule has 0 rings (SSSR count). The molecule has 3 unspecified atom stereocenters. The highest BCUT2D eigenvalue weighted by Crippen LogP contribution is 2.36. The van der Waals surface area contributed by atoms with E-state index in [1.807, 2.05) is 0 Å². The summed E-state index contributed by atoms with van der Waals surface area (Å²) in [5.41, 5.74) is 0. The number of aldehydes is 3. The van der Waals surface area contributed by atoms with Gasteiger partial charge >= 0.3 is 31.3 Å². The molecule has 0 aromatic heterocycles. The standard InChI is InChI=1S/3C3H7O6P.C3H6O3.H3O4P/c3*4-1-3(5)2-9-10(6,7)8;1-2(4)3(5)6;1-5(2,3)4/h3*1,3,5H,2H2,(H2,6,7,8);3,5-6H,1H3;(H3,1,2,3,4). The molecule has 14 N–H and O–H groups in total. The summed E-state index contributed by atoms with van der Waals surface area (Å²) in [4.78, 5) is 108. The summed E-state index contributed by atoms with van der Waals surface area (Å²) in [6, 6.07) is 0. The Hall–Kier alpha value is -1.08. The first-order valence-corrected chi connectivity index (χ1v) is 15.3. The Labute approximate surface area is 228 Å². The number of phosphoric ester groups is 3. The predicted octanol–water partition coefficient (Wildman–Crippen LogP) is -6.08. The maximum absolute atomic E-state index is 9.90. The number of rotatable bonds is 13. The van der Waals surface area contributed by atoms with Gasteiger partial charge in [-0.15, -0.1) is 0 Å². The number of Topliss-reactive ketones (excluding diaryl/α,β-unsaturated/α-hetero) is 1. The van der Waals surface area contributed by atoms with Crippen LogP contribution in [-0.4, -0.2) is 139 Å². The summed E-state index contributed by atoms with van der Waals surface area (Å²) in [5, 5.41) is 40.8. The molecule has 0 aliphatic heterocycles. The zero-order valence-electron chi connectivity index (χ0n) is 20.2. The second kappa shape index (κ2) is 25.4. The van der Waals surface area contributed by atoms with E-state index in [1.165, 1.54) is 0 Å². The largest absolute Gasteiger partial charge is 0.469 e.